The van der Waals surface area contributed by atoms with E-state index in [1.165, 1.54) is 6.07 Å². The van der Waals surface area contributed by atoms with Crippen molar-refractivity contribution >= 4 is 40.5 Å². The van der Waals surface area contributed by atoms with Crippen LogP contribution < -0.4 is 37.5 Å². The summed E-state index contributed by atoms with van der Waals surface area (Å²) >= 11 is 12.4. The maximum absolute atomic E-state index is 13.7. The minimum Gasteiger partial charge on any atom is -0.394 e. The summed E-state index contributed by atoms with van der Waals surface area (Å²) in [5.41, 5.74) is 14.6. The average Bonchev–Trinajstić information content (AvgIpc) is 3.43. The lowest BCUT2D eigenvalue weighted by molar-refractivity contribution is -0.119. The van der Waals surface area contributed by atoms with Crippen LogP contribution in [0.25, 0.3) is 11.3 Å². The van der Waals surface area contributed by atoms with Gasteiger partial charge in [0, 0.05) is 28.9 Å². The van der Waals surface area contributed by atoms with E-state index in [-0.39, 0.29) is 36.7 Å². The fourth-order valence-electron chi connectivity index (χ4n) is 5.37. The Bertz CT molecular complexity index is 1510. The summed E-state index contributed by atoms with van der Waals surface area (Å²) in [7, 11) is 0. The number of rotatable bonds is 11. The predicted octanol–water partition coefficient (Wildman–Crippen LogP) is 2.84. The molecule has 2 aliphatic heterocycles. The van der Waals surface area contributed by atoms with Gasteiger partial charge in [-0.05, 0) is 55.3 Å². The zero-order valence-electron chi connectivity index (χ0n) is 23.0. The number of hydrazine groups is 2. The molecule has 222 valence electrons. The number of hydrogen-bond acceptors (Lipinski definition) is 9. The first-order valence-corrected chi connectivity index (χ1v) is 14.6. The Morgan fingerprint density at radius 1 is 1.10 bits per heavy atom. The molecule has 6 N–H and O–H groups in total. The van der Waals surface area contributed by atoms with E-state index in [1.54, 1.807) is 39.1 Å². The maximum atomic E-state index is 13.7. The van der Waals surface area contributed by atoms with Crippen molar-refractivity contribution in [2.45, 2.75) is 37.8 Å². The molecular formula is C29H34Cl2N8O3. The van der Waals surface area contributed by atoms with Crippen molar-refractivity contribution in [3.8, 4) is 11.3 Å². The first-order valence-electron chi connectivity index (χ1n) is 13.9. The highest BCUT2D eigenvalue weighted by Crippen LogP contribution is 2.33. The second kappa shape index (κ2) is 13.7. The fourth-order valence-corrected chi connectivity index (χ4v) is 5.68. The molecule has 1 aromatic heterocycles. The Labute approximate surface area is 253 Å². The van der Waals surface area contributed by atoms with Crippen LogP contribution in [0.1, 0.15) is 37.3 Å². The highest BCUT2D eigenvalue weighted by atomic mass is 35.5. The van der Waals surface area contributed by atoms with Crippen LogP contribution in [0.3, 0.4) is 0 Å². The van der Waals surface area contributed by atoms with Crippen LogP contribution in [0, 0.1) is 0 Å². The number of benzene rings is 2. The summed E-state index contributed by atoms with van der Waals surface area (Å²) in [6, 6.07) is 13.7. The number of nitrogens with one attached hydrogen (secondary N) is 3. The van der Waals surface area contributed by atoms with Gasteiger partial charge in [-0.3, -0.25) is 24.6 Å². The van der Waals surface area contributed by atoms with Crippen LogP contribution in [0.5, 0.6) is 0 Å². The molecule has 1 amide bonds. The van der Waals surface area contributed by atoms with E-state index in [2.05, 4.69) is 16.3 Å². The molecule has 1 fully saturated rings. The standard InChI is InChI=1S/C29H34Cl2N8O3/c30-20-8-9-26(38-16-27(31)35-36-38)23(12-20)24-13-28(41)37(18-34-24)25(7-2-1-3-10-32)19-5-4-6-21(11-19)39-22(17-40)14-33-15-29(39)42/h4-6,8-9,11-13,16,18,22,25,33,35-36,40H,1-3,7,10,14-15,17,32H2/t22-,25-/m0/s1. The van der Waals surface area contributed by atoms with Gasteiger partial charge in [-0.1, -0.05) is 48.2 Å². The molecule has 0 radical (unpaired) electrons. The summed E-state index contributed by atoms with van der Waals surface area (Å²) in [4.78, 5) is 32.8. The minimum absolute atomic E-state index is 0.115. The summed E-state index contributed by atoms with van der Waals surface area (Å²) in [5, 5.41) is 15.6. The Morgan fingerprint density at radius 2 is 1.95 bits per heavy atom. The van der Waals surface area contributed by atoms with Gasteiger partial charge in [0.1, 0.15) is 5.16 Å². The van der Waals surface area contributed by atoms with Crippen LogP contribution in [0.4, 0.5) is 11.4 Å². The molecule has 3 heterocycles. The summed E-state index contributed by atoms with van der Waals surface area (Å²) in [6.07, 6.45) is 6.58. The van der Waals surface area contributed by atoms with E-state index in [0.29, 0.717) is 52.3 Å². The highest BCUT2D eigenvalue weighted by molar-refractivity contribution is 6.31. The SMILES string of the molecule is NCCCCC[C@@H](c1cccc(N2C(=O)CNC[C@H]2CO)c1)n1cnc(-c2cc(Cl)ccc2N2C=C(Cl)NN2)cc1=O. The monoisotopic (exact) mass is 612 g/mol. The third kappa shape index (κ3) is 6.62. The van der Waals surface area contributed by atoms with Crippen molar-refractivity contribution in [1.82, 2.24) is 25.8 Å². The fraction of sp³-hybridized carbons (Fsp3) is 0.345. The maximum Gasteiger partial charge on any atom is 0.254 e. The molecule has 11 nitrogen and oxygen atoms in total. The number of amides is 1. The molecular weight excluding hydrogens is 579 g/mol. The number of halogens is 2. The Morgan fingerprint density at radius 3 is 2.69 bits per heavy atom. The summed E-state index contributed by atoms with van der Waals surface area (Å²) < 4.78 is 1.63. The van der Waals surface area contributed by atoms with Crippen molar-refractivity contribution in [1.29, 1.82) is 0 Å². The zero-order chi connectivity index (χ0) is 29.6. The lowest BCUT2D eigenvalue weighted by Gasteiger charge is -2.35. The zero-order valence-corrected chi connectivity index (χ0v) is 24.5. The third-order valence-corrected chi connectivity index (χ3v) is 7.85. The Kier molecular flexibility index (Phi) is 9.78. The molecule has 2 atom stereocenters. The van der Waals surface area contributed by atoms with E-state index in [9.17, 15) is 14.7 Å². The van der Waals surface area contributed by atoms with Gasteiger partial charge in [0.2, 0.25) is 5.91 Å². The minimum atomic E-state index is -0.370. The molecule has 42 heavy (non-hydrogen) atoms. The number of nitrogens with two attached hydrogens (primary N) is 1. The first kappa shape index (κ1) is 30.0. The second-order valence-electron chi connectivity index (χ2n) is 10.2. The van der Waals surface area contributed by atoms with Gasteiger partial charge in [0.05, 0.1) is 49.1 Å². The molecule has 2 aliphatic rings. The van der Waals surface area contributed by atoms with E-state index >= 15 is 0 Å². The normalized spacial score (nSPS) is 17.8. The molecule has 0 aliphatic carbocycles. The Balaban J connectivity index is 1.51. The van der Waals surface area contributed by atoms with E-state index in [0.717, 1.165) is 24.8 Å². The third-order valence-electron chi connectivity index (χ3n) is 7.42. The number of anilines is 2. The number of piperazine rings is 1. The number of nitrogens with zero attached hydrogens (tertiary/aromatic N) is 4. The van der Waals surface area contributed by atoms with Crippen LogP contribution in [0.15, 0.2) is 71.0 Å². The number of aliphatic hydroxyl groups excluding tert-OH is 1. The molecule has 2 aromatic carbocycles. The van der Waals surface area contributed by atoms with Crippen LogP contribution in [0.2, 0.25) is 5.02 Å². The lowest BCUT2D eigenvalue weighted by atomic mass is 9.98. The summed E-state index contributed by atoms with van der Waals surface area (Å²) in [5.74, 6) is -0.115. The van der Waals surface area contributed by atoms with Gasteiger partial charge < -0.3 is 21.1 Å². The van der Waals surface area contributed by atoms with Gasteiger partial charge in [-0.25, -0.2) is 4.98 Å². The van der Waals surface area contributed by atoms with Crippen molar-refractivity contribution in [2.24, 2.45) is 5.73 Å². The number of carbonyl (C=O) groups excluding carboxylic acids is 1. The van der Waals surface area contributed by atoms with Gasteiger partial charge >= 0.3 is 0 Å². The number of aromatic nitrogens is 2. The van der Waals surface area contributed by atoms with Crippen LogP contribution >= 0.6 is 23.2 Å². The van der Waals surface area contributed by atoms with Gasteiger partial charge in [-0.2, -0.15) is 0 Å². The van der Waals surface area contributed by atoms with Crippen molar-refractivity contribution in [3.05, 3.63) is 87.2 Å². The molecule has 0 bridgehead atoms. The molecule has 3 aromatic rings. The molecule has 1 saturated heterocycles. The van der Waals surface area contributed by atoms with Crippen LogP contribution in [-0.2, 0) is 4.79 Å². The van der Waals surface area contributed by atoms with E-state index in [4.69, 9.17) is 33.9 Å². The van der Waals surface area contributed by atoms with E-state index < -0.39 is 0 Å². The van der Waals surface area contributed by atoms with E-state index in [1.807, 2.05) is 30.3 Å². The van der Waals surface area contributed by atoms with Crippen molar-refractivity contribution in [3.63, 3.8) is 0 Å². The van der Waals surface area contributed by atoms with Crippen molar-refractivity contribution in [2.75, 3.05) is 36.1 Å². The number of unbranched alkanes of at least 4 members (excludes halogenated alkanes) is 2. The van der Waals surface area contributed by atoms with Gasteiger partial charge in [0.25, 0.3) is 5.56 Å². The molecule has 0 saturated carbocycles. The highest BCUT2D eigenvalue weighted by Gasteiger charge is 2.29. The first-order chi connectivity index (χ1) is 20.4. The molecule has 0 spiro atoms. The Hall–Kier alpha value is -3.45. The molecule has 13 heteroatoms. The lowest BCUT2D eigenvalue weighted by Crippen LogP contribution is -2.56. The van der Waals surface area contributed by atoms with Crippen LogP contribution in [-0.4, -0.2) is 52.8 Å². The second-order valence-corrected chi connectivity index (χ2v) is 11.1. The molecule has 0 unspecified atom stereocenters. The smallest absolute Gasteiger partial charge is 0.254 e. The predicted molar refractivity (Wildman–Crippen MR) is 165 cm³/mol. The van der Waals surface area contributed by atoms with Crippen molar-refractivity contribution < 1.29 is 9.90 Å². The van der Waals surface area contributed by atoms with Gasteiger partial charge in [-0.15, -0.1) is 5.53 Å². The number of aliphatic hydroxyl groups is 1. The summed E-state index contributed by atoms with van der Waals surface area (Å²) in [6.45, 7) is 1.14. The number of hydrogen-bond donors (Lipinski definition) is 5. The molecule has 5 rings (SSSR count). The average molecular weight is 614 g/mol. The quantitative estimate of drug-likeness (QED) is 0.163. The largest absolute Gasteiger partial charge is 0.394 e. The topological polar surface area (TPSA) is 141 Å². The van der Waals surface area contributed by atoms with Gasteiger partial charge in [0.15, 0.2) is 0 Å². The number of carbonyl (C=O) groups is 1.